The number of halogens is 1. The van der Waals surface area contributed by atoms with Gasteiger partial charge in [-0.3, -0.25) is 10.1 Å². The normalized spacial score (nSPS) is 19.8. The predicted molar refractivity (Wildman–Crippen MR) is 123 cm³/mol. The molecule has 0 radical (unpaired) electrons. The van der Waals surface area contributed by atoms with Crippen LogP contribution in [-0.4, -0.2) is 10.1 Å². The minimum atomic E-state index is -0.407. The first-order chi connectivity index (χ1) is 15.5. The number of para-hydroxylation sites is 1. The van der Waals surface area contributed by atoms with Gasteiger partial charge in [0.05, 0.1) is 16.9 Å². The lowest BCUT2D eigenvalue weighted by molar-refractivity contribution is -0.386. The molecule has 1 aliphatic heterocycles. The molecule has 0 unspecified atom stereocenters. The minimum Gasteiger partial charge on any atom is -0.377 e. The van der Waals surface area contributed by atoms with Crippen LogP contribution in [0.15, 0.2) is 83.4 Å². The maximum atomic E-state index is 12.0. The van der Waals surface area contributed by atoms with Crippen LogP contribution in [0.5, 0.6) is 0 Å². The van der Waals surface area contributed by atoms with Crippen molar-refractivity contribution in [2.75, 3.05) is 5.32 Å². The van der Waals surface area contributed by atoms with E-state index in [1.165, 1.54) is 0 Å². The summed E-state index contributed by atoms with van der Waals surface area (Å²) in [7, 11) is 0. The van der Waals surface area contributed by atoms with Crippen LogP contribution >= 0.6 is 11.6 Å². The van der Waals surface area contributed by atoms with Crippen LogP contribution in [0.25, 0.3) is 0 Å². The Morgan fingerprint density at radius 3 is 2.38 bits per heavy atom. The number of benzene rings is 3. The number of rotatable bonds is 4. The van der Waals surface area contributed by atoms with Gasteiger partial charge in [-0.15, -0.1) is 0 Å². The van der Waals surface area contributed by atoms with Crippen molar-refractivity contribution in [3.05, 3.63) is 122 Å². The van der Waals surface area contributed by atoms with Crippen LogP contribution in [0.3, 0.4) is 0 Å². The van der Waals surface area contributed by atoms with Gasteiger partial charge in [0, 0.05) is 16.6 Å². The molecule has 3 atom stereocenters. The second-order valence-electron chi connectivity index (χ2n) is 7.91. The Labute approximate surface area is 190 Å². The Hall–Kier alpha value is -3.64. The van der Waals surface area contributed by atoms with E-state index >= 15 is 0 Å². The quantitative estimate of drug-likeness (QED) is 0.281. The number of aromatic nitrogens is 1. The molecule has 6 nitrogen and oxygen atoms in total. The molecule has 1 aromatic heterocycles. The van der Waals surface area contributed by atoms with Crippen molar-refractivity contribution in [2.45, 2.75) is 24.8 Å². The van der Waals surface area contributed by atoms with Gasteiger partial charge in [-0.1, -0.05) is 77.4 Å². The average molecular weight is 446 g/mol. The van der Waals surface area contributed by atoms with Gasteiger partial charge in [0.15, 0.2) is 5.69 Å². The topological polar surface area (TPSA) is 81.2 Å². The molecular weight excluding hydrogens is 426 g/mol. The summed E-state index contributed by atoms with van der Waals surface area (Å²) >= 11 is 6.14. The first-order valence-corrected chi connectivity index (χ1v) is 10.7. The summed E-state index contributed by atoms with van der Waals surface area (Å²) in [6.07, 6.45) is 0. The van der Waals surface area contributed by atoms with Crippen molar-refractivity contribution < 1.29 is 9.45 Å². The van der Waals surface area contributed by atoms with Crippen LogP contribution in [0.2, 0.25) is 5.02 Å². The summed E-state index contributed by atoms with van der Waals surface area (Å²) in [6, 6.07) is 25.3. The lowest BCUT2D eigenvalue weighted by Crippen LogP contribution is -2.31. The molecule has 0 saturated carbocycles. The predicted octanol–water partition coefficient (Wildman–Crippen LogP) is 6.63. The number of nitro groups is 1. The summed E-state index contributed by atoms with van der Waals surface area (Å²) in [5.74, 6) is -0.321. The van der Waals surface area contributed by atoms with Crippen molar-refractivity contribution in [2.24, 2.45) is 0 Å². The highest BCUT2D eigenvalue weighted by molar-refractivity contribution is 6.30. The fourth-order valence-corrected chi connectivity index (χ4v) is 4.80. The van der Waals surface area contributed by atoms with Crippen LogP contribution < -0.4 is 5.32 Å². The van der Waals surface area contributed by atoms with Gasteiger partial charge in [0.2, 0.25) is 5.76 Å². The van der Waals surface area contributed by atoms with Crippen molar-refractivity contribution in [3.8, 4) is 0 Å². The fraction of sp³-hybridized carbons (Fsp3) is 0.160. The van der Waals surface area contributed by atoms with E-state index in [0.29, 0.717) is 5.02 Å². The van der Waals surface area contributed by atoms with Gasteiger partial charge in [0.25, 0.3) is 0 Å². The summed E-state index contributed by atoms with van der Waals surface area (Å²) in [5.41, 5.74) is 4.24. The third kappa shape index (κ3) is 3.42. The summed E-state index contributed by atoms with van der Waals surface area (Å²) in [5, 5.41) is 20.2. The number of anilines is 1. The number of aryl methyl sites for hydroxylation is 1. The molecule has 0 bridgehead atoms. The zero-order chi connectivity index (χ0) is 22.2. The molecule has 32 heavy (non-hydrogen) atoms. The number of hydrogen-bond acceptors (Lipinski definition) is 5. The molecule has 4 aromatic rings. The Balaban J connectivity index is 1.79. The summed E-state index contributed by atoms with van der Waals surface area (Å²) in [6.45, 7) is 1.60. The molecule has 0 saturated heterocycles. The smallest absolute Gasteiger partial charge is 0.334 e. The van der Waals surface area contributed by atoms with Crippen molar-refractivity contribution in [3.63, 3.8) is 0 Å². The summed E-state index contributed by atoms with van der Waals surface area (Å²) < 4.78 is 5.68. The van der Waals surface area contributed by atoms with Gasteiger partial charge in [0.1, 0.15) is 0 Å². The molecule has 0 aliphatic carbocycles. The lowest BCUT2D eigenvalue weighted by atomic mass is 9.70. The van der Waals surface area contributed by atoms with E-state index in [9.17, 15) is 10.1 Å². The second-order valence-corrected chi connectivity index (χ2v) is 8.35. The van der Waals surface area contributed by atoms with Crippen LogP contribution in [0.1, 0.15) is 46.0 Å². The fourth-order valence-electron chi connectivity index (χ4n) is 4.68. The Bertz CT molecular complexity index is 1270. The third-order valence-electron chi connectivity index (χ3n) is 6.06. The molecule has 7 heteroatoms. The van der Waals surface area contributed by atoms with Gasteiger partial charge < -0.3 is 9.84 Å². The monoisotopic (exact) mass is 445 g/mol. The molecule has 5 rings (SSSR count). The number of nitrogens with zero attached hydrogens (tertiary/aromatic N) is 2. The lowest BCUT2D eigenvalue weighted by Gasteiger charge is -2.40. The molecule has 0 fully saturated rings. The van der Waals surface area contributed by atoms with Crippen LogP contribution in [0, 0.1) is 17.0 Å². The molecule has 3 aromatic carbocycles. The minimum absolute atomic E-state index is 0.0731. The van der Waals surface area contributed by atoms with E-state index in [1.54, 1.807) is 6.92 Å². The van der Waals surface area contributed by atoms with Crippen molar-refractivity contribution in [1.29, 1.82) is 0 Å². The highest BCUT2D eigenvalue weighted by Crippen LogP contribution is 2.54. The SMILES string of the molecule is Cc1noc([C@H]2[C@H](c3ccccc3)c3ccccc3N[C@H]2c2ccc(Cl)cc2)c1[N+](=O)[O-]. The molecule has 160 valence electrons. The number of hydrogen-bond donors (Lipinski definition) is 1. The number of nitrogens with one attached hydrogen (secondary N) is 1. The first kappa shape index (κ1) is 20.3. The molecular formula is C25H20ClN3O3. The van der Waals surface area contributed by atoms with E-state index in [-0.39, 0.29) is 29.1 Å². The molecule has 1 aliphatic rings. The van der Waals surface area contributed by atoms with Gasteiger partial charge in [-0.2, -0.15) is 0 Å². The van der Waals surface area contributed by atoms with E-state index in [0.717, 1.165) is 22.4 Å². The largest absolute Gasteiger partial charge is 0.377 e. The highest BCUT2D eigenvalue weighted by atomic mass is 35.5. The molecule has 0 amide bonds. The Morgan fingerprint density at radius 1 is 0.969 bits per heavy atom. The van der Waals surface area contributed by atoms with E-state index in [4.69, 9.17) is 16.1 Å². The average Bonchev–Trinajstić information content (AvgIpc) is 3.20. The molecule has 1 N–H and O–H groups in total. The first-order valence-electron chi connectivity index (χ1n) is 10.3. The second kappa shape index (κ2) is 8.13. The van der Waals surface area contributed by atoms with Crippen molar-refractivity contribution in [1.82, 2.24) is 5.16 Å². The highest BCUT2D eigenvalue weighted by Gasteiger charge is 2.45. The van der Waals surface area contributed by atoms with Gasteiger partial charge >= 0.3 is 5.69 Å². The van der Waals surface area contributed by atoms with Crippen molar-refractivity contribution >= 4 is 23.0 Å². The van der Waals surface area contributed by atoms with Gasteiger partial charge in [-0.25, -0.2) is 0 Å². The van der Waals surface area contributed by atoms with E-state index < -0.39 is 10.8 Å². The molecule has 0 spiro atoms. The molecule has 2 heterocycles. The Kier molecular flexibility index (Phi) is 5.15. The standard InChI is InChI=1S/C25H20ClN3O3/c1-15-24(29(30)31)25(32-28-15)22-21(16-7-3-2-4-8-16)19-9-5-6-10-20(19)27-23(22)17-11-13-18(26)14-12-17/h2-14,21-23,27H,1H3/t21-,22+,23+/m1/s1. The maximum Gasteiger partial charge on any atom is 0.334 e. The van der Waals surface area contributed by atoms with Crippen LogP contribution in [-0.2, 0) is 0 Å². The maximum absolute atomic E-state index is 12.0. The zero-order valence-corrected chi connectivity index (χ0v) is 18.0. The third-order valence-corrected chi connectivity index (χ3v) is 6.31. The van der Waals surface area contributed by atoms with E-state index in [1.807, 2.05) is 72.8 Å². The van der Waals surface area contributed by atoms with Gasteiger partial charge in [-0.05, 0) is 41.8 Å². The zero-order valence-electron chi connectivity index (χ0n) is 17.2. The van der Waals surface area contributed by atoms with E-state index in [2.05, 4.69) is 16.5 Å². The number of fused-ring (bicyclic) bond motifs is 1. The Morgan fingerprint density at radius 2 is 1.66 bits per heavy atom. The summed E-state index contributed by atoms with van der Waals surface area (Å²) in [4.78, 5) is 11.6. The van der Waals surface area contributed by atoms with Crippen LogP contribution in [0.4, 0.5) is 11.4 Å².